The minimum Gasteiger partial charge on any atom is -0.478 e. The van der Waals surface area contributed by atoms with Crippen molar-refractivity contribution in [3.8, 4) is 5.75 Å². The zero-order valence-corrected chi connectivity index (χ0v) is 36.5. The number of nitrogens with zero attached hydrogens (tertiary/aromatic N) is 7. The number of carbonyl (C=O) groups excluding carboxylic acids is 4. The van der Waals surface area contributed by atoms with Crippen molar-refractivity contribution in [2.75, 3.05) is 74.6 Å². The molecule has 5 aliphatic rings. The Kier molecular flexibility index (Phi) is 11.5. The smallest absolute Gasteiger partial charge is 0.293 e. The van der Waals surface area contributed by atoms with Gasteiger partial charge in [-0.2, -0.15) is 4.98 Å². The molecule has 63 heavy (non-hydrogen) atoms. The van der Waals surface area contributed by atoms with Gasteiger partial charge in [-0.3, -0.25) is 29.3 Å². The fourth-order valence-corrected chi connectivity index (χ4v) is 10.1. The summed E-state index contributed by atoms with van der Waals surface area (Å²) in [6, 6.07) is 9.75. The lowest BCUT2D eigenvalue weighted by Gasteiger charge is -2.55. The Bertz CT molecular complexity index is 2550. The molecule has 9 rings (SSSR count). The molecular formula is C45H52ClFN10O6. The lowest BCUT2D eigenvalue weighted by atomic mass is 9.71. The van der Waals surface area contributed by atoms with Crippen molar-refractivity contribution in [3.63, 3.8) is 0 Å². The van der Waals surface area contributed by atoms with Crippen molar-refractivity contribution in [1.29, 1.82) is 0 Å². The number of rotatable bonds is 11. The monoisotopic (exact) mass is 882 g/mol. The molecule has 1 unspecified atom stereocenters. The molecule has 7 heterocycles. The van der Waals surface area contributed by atoms with Gasteiger partial charge in [-0.1, -0.05) is 11.6 Å². The van der Waals surface area contributed by atoms with Gasteiger partial charge in [-0.05, 0) is 101 Å². The molecule has 4 fully saturated rings. The Labute approximate surface area is 369 Å². The van der Waals surface area contributed by atoms with E-state index in [2.05, 4.69) is 35.6 Å². The van der Waals surface area contributed by atoms with Crippen molar-refractivity contribution >= 4 is 69.3 Å². The minimum absolute atomic E-state index is 0.0251. The summed E-state index contributed by atoms with van der Waals surface area (Å²) in [7, 11) is 1.51. The molecule has 16 nitrogen and oxygen atoms in total. The number of likely N-dealkylation sites (N-methyl/N-ethyl adjacent to an activating group) is 1. The van der Waals surface area contributed by atoms with Crippen molar-refractivity contribution in [3.05, 3.63) is 74.9 Å². The van der Waals surface area contributed by atoms with Gasteiger partial charge >= 0.3 is 0 Å². The van der Waals surface area contributed by atoms with Gasteiger partial charge < -0.3 is 39.5 Å². The Morgan fingerprint density at radius 3 is 2.49 bits per heavy atom. The van der Waals surface area contributed by atoms with Gasteiger partial charge in [-0.15, -0.1) is 0 Å². The average molecular weight is 883 g/mol. The summed E-state index contributed by atoms with van der Waals surface area (Å²) in [4.78, 5) is 80.0. The predicted molar refractivity (Wildman–Crippen MR) is 236 cm³/mol. The first-order chi connectivity index (χ1) is 30.3. The van der Waals surface area contributed by atoms with Crippen LogP contribution in [0.25, 0.3) is 10.9 Å². The second-order valence-electron chi connectivity index (χ2n) is 17.9. The first kappa shape index (κ1) is 42.5. The van der Waals surface area contributed by atoms with E-state index in [9.17, 15) is 24.0 Å². The Balaban J connectivity index is 0.767. The summed E-state index contributed by atoms with van der Waals surface area (Å²) < 4.78 is 23.2. The van der Waals surface area contributed by atoms with Crippen molar-refractivity contribution in [2.45, 2.75) is 71.0 Å². The van der Waals surface area contributed by atoms with Crippen LogP contribution in [0.2, 0.25) is 5.02 Å². The van der Waals surface area contributed by atoms with Gasteiger partial charge in [0.05, 0.1) is 23.9 Å². The third kappa shape index (κ3) is 8.28. The number of halogens is 2. The minimum atomic E-state index is -0.774. The summed E-state index contributed by atoms with van der Waals surface area (Å²) >= 11 is 6.61. The van der Waals surface area contributed by atoms with E-state index < -0.39 is 17.8 Å². The third-order valence-electron chi connectivity index (χ3n) is 13.5. The van der Waals surface area contributed by atoms with Crippen LogP contribution in [-0.2, 0) is 20.9 Å². The number of hydrogen-bond donors (Lipinski definition) is 3. The summed E-state index contributed by atoms with van der Waals surface area (Å²) in [5, 5.41) is 9.27. The second kappa shape index (κ2) is 17.1. The SMILES string of the molecule is CNC(=O)COc1cc2cc(Nc3nc(N4CCC(CN5CCC6(CC5)CN(c5ccc7c(c5F)CN(C5CCC(=O)NC5=O)C7=O)C6)CC4)ncc3Cl)ccc2n(C(C)C)c1=O. The lowest BCUT2D eigenvalue weighted by Crippen LogP contribution is -2.61. The van der Waals surface area contributed by atoms with E-state index in [0.717, 1.165) is 82.4 Å². The Morgan fingerprint density at radius 2 is 1.78 bits per heavy atom. The number of anilines is 4. The molecule has 332 valence electrons. The maximum Gasteiger partial charge on any atom is 0.293 e. The van der Waals surface area contributed by atoms with E-state index in [0.29, 0.717) is 45.2 Å². The van der Waals surface area contributed by atoms with Crippen LogP contribution in [0.4, 0.5) is 27.5 Å². The van der Waals surface area contributed by atoms with Crippen LogP contribution in [0.5, 0.6) is 5.75 Å². The van der Waals surface area contributed by atoms with Gasteiger partial charge in [0.2, 0.25) is 17.8 Å². The van der Waals surface area contributed by atoms with Crippen LogP contribution in [0, 0.1) is 17.2 Å². The number of piperidine rings is 3. The largest absolute Gasteiger partial charge is 0.478 e. The number of carbonyl (C=O) groups is 4. The van der Waals surface area contributed by atoms with Gasteiger partial charge in [0.15, 0.2) is 24.0 Å². The fraction of sp³-hybridized carbons (Fsp3) is 0.489. The molecule has 1 atom stereocenters. The lowest BCUT2D eigenvalue weighted by molar-refractivity contribution is -0.137. The maximum atomic E-state index is 16.0. The molecule has 2 aromatic carbocycles. The zero-order chi connectivity index (χ0) is 44.2. The Hall–Kier alpha value is -5.81. The highest BCUT2D eigenvalue weighted by molar-refractivity contribution is 6.33. The first-order valence-corrected chi connectivity index (χ1v) is 22.2. The fourth-order valence-electron chi connectivity index (χ4n) is 9.94. The zero-order valence-electron chi connectivity index (χ0n) is 35.7. The summed E-state index contributed by atoms with van der Waals surface area (Å²) in [5.74, 6) is -0.238. The number of likely N-dealkylation sites (tertiary alicyclic amines) is 1. The first-order valence-electron chi connectivity index (χ1n) is 21.8. The summed E-state index contributed by atoms with van der Waals surface area (Å²) in [6.45, 7) is 9.82. The predicted octanol–water partition coefficient (Wildman–Crippen LogP) is 4.61. The van der Waals surface area contributed by atoms with E-state index in [-0.39, 0.29) is 66.5 Å². The van der Waals surface area contributed by atoms with E-state index in [1.807, 2.05) is 32.0 Å². The quantitative estimate of drug-likeness (QED) is 0.179. The Morgan fingerprint density at radius 1 is 1.02 bits per heavy atom. The molecule has 1 spiro atoms. The molecule has 0 aliphatic carbocycles. The normalized spacial score (nSPS) is 20.3. The molecular weight excluding hydrogens is 831 g/mol. The molecule has 2 aromatic heterocycles. The number of pyridine rings is 1. The van der Waals surface area contributed by atoms with Crippen molar-refractivity contribution in [1.82, 2.24) is 35.0 Å². The van der Waals surface area contributed by atoms with Gasteiger partial charge in [0, 0.05) is 79.8 Å². The molecule has 0 saturated carbocycles. The van der Waals surface area contributed by atoms with E-state index in [1.54, 1.807) is 29.0 Å². The van der Waals surface area contributed by atoms with E-state index >= 15 is 4.39 Å². The number of nitrogens with one attached hydrogen (secondary N) is 3. The number of imide groups is 1. The topological polar surface area (TPSA) is 174 Å². The highest BCUT2D eigenvalue weighted by Gasteiger charge is 2.47. The number of benzene rings is 2. The van der Waals surface area contributed by atoms with Crippen LogP contribution in [0.15, 0.2) is 47.4 Å². The van der Waals surface area contributed by atoms with Crippen LogP contribution >= 0.6 is 11.6 Å². The van der Waals surface area contributed by atoms with Gasteiger partial charge in [-0.25, -0.2) is 9.37 Å². The third-order valence-corrected chi connectivity index (χ3v) is 13.8. The molecule has 5 aliphatic heterocycles. The molecule has 4 saturated heterocycles. The van der Waals surface area contributed by atoms with Gasteiger partial charge in [0.1, 0.15) is 11.1 Å². The second-order valence-corrected chi connectivity index (χ2v) is 18.3. The van der Waals surface area contributed by atoms with Crippen LogP contribution < -0.4 is 36.0 Å². The molecule has 3 N–H and O–H groups in total. The van der Waals surface area contributed by atoms with Gasteiger partial charge in [0.25, 0.3) is 17.4 Å². The molecule has 4 amide bonds. The molecule has 0 radical (unpaired) electrons. The van der Waals surface area contributed by atoms with Crippen molar-refractivity contribution in [2.24, 2.45) is 11.3 Å². The summed E-state index contributed by atoms with van der Waals surface area (Å²) in [6.07, 6.45) is 6.13. The van der Waals surface area contributed by atoms with Crippen LogP contribution in [0.3, 0.4) is 0 Å². The van der Waals surface area contributed by atoms with E-state index in [1.165, 1.54) is 11.9 Å². The maximum absolute atomic E-state index is 16.0. The van der Waals surface area contributed by atoms with Crippen LogP contribution in [0.1, 0.15) is 74.3 Å². The summed E-state index contributed by atoms with van der Waals surface area (Å²) in [5.41, 5.74) is 2.41. The average Bonchev–Trinajstić information content (AvgIpc) is 3.59. The molecule has 4 aromatic rings. The number of amides is 4. The number of hydrogen-bond acceptors (Lipinski definition) is 12. The number of fused-ring (bicyclic) bond motifs is 2. The highest BCUT2D eigenvalue weighted by Crippen LogP contribution is 2.45. The van der Waals surface area contributed by atoms with Crippen LogP contribution in [-0.4, -0.2) is 113 Å². The van der Waals surface area contributed by atoms with E-state index in [4.69, 9.17) is 21.3 Å². The highest BCUT2D eigenvalue weighted by atomic mass is 35.5. The molecule has 18 heteroatoms. The molecule has 0 bridgehead atoms. The van der Waals surface area contributed by atoms with Crippen molar-refractivity contribution < 1.29 is 28.3 Å². The number of ether oxygens (including phenoxy) is 1. The standard InChI is InChI=1S/C45H52ClFN10O6/c1-26(2)57-33-6-4-29(18-28(33)19-36(43(57)62)63-23-38(59)48-3)50-40-32(46)20-49-44(52-40)54-14-10-27(11-15-54)21-53-16-12-45(13-17-53)24-55(25-45)34-7-5-30-31(39(34)47)22-56(42(30)61)35-8-9-37(58)51-41(35)60/h4-7,18-20,26-27,35H,8-17,21-25H2,1-3H3,(H,48,59)(H,49,50,52)(H,51,58,60). The number of aromatic nitrogens is 3.